The molecule has 1 aliphatic rings. The maximum absolute atomic E-state index is 15.5. The number of fused-ring (bicyclic) bond motifs is 1. The highest BCUT2D eigenvalue weighted by Crippen LogP contribution is 2.36. The minimum absolute atomic E-state index is 0.170. The number of benzene rings is 1. The molecule has 0 bridgehead atoms. The van der Waals surface area contributed by atoms with Crippen LogP contribution in [0, 0.1) is 11.8 Å². The Morgan fingerprint density at radius 1 is 1.19 bits per heavy atom. The number of hydrogen-bond acceptors (Lipinski definition) is 5. The fourth-order valence-corrected chi connectivity index (χ4v) is 5.65. The molecule has 1 aliphatic heterocycles. The van der Waals surface area contributed by atoms with Crippen molar-refractivity contribution >= 4 is 16.9 Å². The number of piperidine rings is 1. The number of aliphatic carboxylic acids is 1. The molecule has 198 valence electrons. The summed E-state index contributed by atoms with van der Waals surface area (Å²) in [5, 5.41) is 10.1. The number of nitrogens with zero attached hydrogens (tertiary/aromatic N) is 3. The molecule has 3 atom stereocenters. The molecule has 3 heterocycles. The summed E-state index contributed by atoms with van der Waals surface area (Å²) in [5.41, 5.74) is 2.68. The van der Waals surface area contributed by atoms with Gasteiger partial charge in [0.1, 0.15) is 11.9 Å². The number of alkyl halides is 1. The van der Waals surface area contributed by atoms with E-state index in [9.17, 15) is 9.90 Å². The Morgan fingerprint density at radius 3 is 2.86 bits per heavy atom. The van der Waals surface area contributed by atoms with Crippen LogP contribution in [0.25, 0.3) is 10.9 Å². The lowest BCUT2D eigenvalue weighted by Gasteiger charge is -2.39. The summed E-state index contributed by atoms with van der Waals surface area (Å²) in [4.78, 5) is 22.3. The van der Waals surface area contributed by atoms with Gasteiger partial charge in [-0.25, -0.2) is 4.39 Å². The van der Waals surface area contributed by atoms with E-state index in [0.717, 1.165) is 62.6 Å². The third-order valence-electron chi connectivity index (χ3n) is 7.73. The zero-order chi connectivity index (χ0) is 26.0. The van der Waals surface area contributed by atoms with Crippen molar-refractivity contribution in [3.63, 3.8) is 0 Å². The monoisotopic (exact) mass is 507 g/mol. The average Bonchev–Trinajstić information content (AvgIpc) is 2.93. The van der Waals surface area contributed by atoms with Gasteiger partial charge in [0.2, 0.25) is 0 Å². The van der Waals surface area contributed by atoms with Crippen LogP contribution in [-0.2, 0) is 11.2 Å². The molecule has 0 aliphatic carbocycles. The maximum Gasteiger partial charge on any atom is 0.303 e. The summed E-state index contributed by atoms with van der Waals surface area (Å²) >= 11 is 0. The van der Waals surface area contributed by atoms with Crippen LogP contribution in [-0.4, -0.2) is 52.7 Å². The number of carboxylic acids is 1. The number of hydrogen-bond donors (Lipinski definition) is 1. The molecule has 37 heavy (non-hydrogen) atoms. The van der Waals surface area contributed by atoms with E-state index in [-0.39, 0.29) is 12.3 Å². The highest BCUT2D eigenvalue weighted by atomic mass is 19.1. The van der Waals surface area contributed by atoms with Crippen LogP contribution < -0.4 is 4.74 Å². The maximum atomic E-state index is 15.5. The van der Waals surface area contributed by atoms with Gasteiger partial charge in [-0.2, -0.15) is 0 Å². The summed E-state index contributed by atoms with van der Waals surface area (Å²) in [6.07, 6.45) is 10.5. The normalized spacial score (nSPS) is 19.1. The van der Waals surface area contributed by atoms with Crippen molar-refractivity contribution in [3.05, 3.63) is 66.1 Å². The van der Waals surface area contributed by atoms with E-state index >= 15 is 4.39 Å². The van der Waals surface area contributed by atoms with Crippen molar-refractivity contribution < 1.29 is 19.0 Å². The quantitative estimate of drug-likeness (QED) is 0.276. The van der Waals surface area contributed by atoms with E-state index in [1.54, 1.807) is 25.6 Å². The highest BCUT2D eigenvalue weighted by molar-refractivity contribution is 5.83. The van der Waals surface area contributed by atoms with Gasteiger partial charge in [0.15, 0.2) is 0 Å². The van der Waals surface area contributed by atoms with Gasteiger partial charge in [-0.15, -0.1) is 0 Å². The molecule has 0 radical (unpaired) electrons. The van der Waals surface area contributed by atoms with Crippen LogP contribution in [0.4, 0.5) is 4.39 Å². The Morgan fingerprint density at radius 2 is 2.08 bits per heavy atom. The minimum Gasteiger partial charge on any atom is -0.497 e. The van der Waals surface area contributed by atoms with Gasteiger partial charge in [-0.1, -0.05) is 6.07 Å². The van der Waals surface area contributed by atoms with Crippen molar-refractivity contribution in [2.45, 2.75) is 57.5 Å². The third kappa shape index (κ3) is 7.71. The number of methoxy groups -OCH3 is 1. The molecule has 3 aromatic rings. The lowest BCUT2D eigenvalue weighted by Crippen LogP contribution is -2.41. The summed E-state index contributed by atoms with van der Waals surface area (Å²) in [5.74, 6) is 0.555. The first kappa shape index (κ1) is 27.0. The molecule has 7 heteroatoms. The second kappa shape index (κ2) is 13.5. The first-order chi connectivity index (χ1) is 18.0. The van der Waals surface area contributed by atoms with Crippen LogP contribution in [0.5, 0.6) is 5.75 Å². The van der Waals surface area contributed by atoms with Crippen LogP contribution in [0.15, 0.2) is 55.0 Å². The van der Waals surface area contributed by atoms with E-state index in [1.165, 1.54) is 5.56 Å². The van der Waals surface area contributed by atoms with Gasteiger partial charge in [0.05, 0.1) is 12.6 Å². The molecule has 1 fully saturated rings. The van der Waals surface area contributed by atoms with E-state index in [1.807, 2.05) is 30.5 Å². The zero-order valence-corrected chi connectivity index (χ0v) is 21.7. The Labute approximate surface area is 218 Å². The molecule has 0 unspecified atom stereocenters. The van der Waals surface area contributed by atoms with Gasteiger partial charge >= 0.3 is 5.97 Å². The molecule has 6 nitrogen and oxygen atoms in total. The Balaban J connectivity index is 1.32. The van der Waals surface area contributed by atoms with Crippen LogP contribution in [0.1, 0.15) is 62.2 Å². The Kier molecular flexibility index (Phi) is 9.83. The predicted molar refractivity (Wildman–Crippen MR) is 143 cm³/mol. The Hall–Kier alpha value is -3.06. The predicted octanol–water partition coefficient (Wildman–Crippen LogP) is 6.26. The number of unbranched alkanes of at least 4 members (excludes halogenated alkanes) is 1. The Bertz CT molecular complexity index is 1140. The van der Waals surface area contributed by atoms with Crippen LogP contribution in [0.3, 0.4) is 0 Å². The zero-order valence-electron chi connectivity index (χ0n) is 21.7. The van der Waals surface area contributed by atoms with Crippen LogP contribution >= 0.6 is 0 Å². The second-order valence-electron chi connectivity index (χ2n) is 10.2. The number of likely N-dealkylation sites (tertiary alicyclic amines) is 1. The second-order valence-corrected chi connectivity index (χ2v) is 10.2. The number of carbonyl (C=O) groups is 1. The van der Waals surface area contributed by atoms with Crippen molar-refractivity contribution in [2.24, 2.45) is 11.8 Å². The molecule has 1 N–H and O–H groups in total. The summed E-state index contributed by atoms with van der Waals surface area (Å²) in [6.45, 7) is 2.91. The first-order valence-electron chi connectivity index (χ1n) is 13.4. The smallest absolute Gasteiger partial charge is 0.303 e. The molecule has 0 saturated carbocycles. The lowest BCUT2D eigenvalue weighted by atomic mass is 9.79. The molecule has 2 aromatic heterocycles. The van der Waals surface area contributed by atoms with Gasteiger partial charge in [-0.3, -0.25) is 14.8 Å². The third-order valence-corrected chi connectivity index (χ3v) is 7.73. The number of aromatic nitrogens is 2. The molecular formula is C30H38FN3O3. The van der Waals surface area contributed by atoms with E-state index in [2.05, 4.69) is 20.9 Å². The van der Waals surface area contributed by atoms with E-state index < -0.39 is 12.1 Å². The number of aryl methyl sites for hydroxylation is 1. The molecule has 1 aromatic carbocycles. The fraction of sp³-hybridized carbons (Fsp3) is 0.500. The van der Waals surface area contributed by atoms with E-state index in [0.29, 0.717) is 30.1 Å². The number of pyridine rings is 2. The van der Waals surface area contributed by atoms with Gasteiger partial charge in [-0.05, 0) is 111 Å². The summed E-state index contributed by atoms with van der Waals surface area (Å²) in [6, 6.07) is 11.4. The lowest BCUT2D eigenvalue weighted by molar-refractivity contribution is -0.137. The molecule has 0 amide bonds. The number of carboxylic acid groups (broad SMARTS) is 1. The molecule has 4 rings (SSSR count). The standard InChI is InChI=1S/C30H38FN3O3/c1-37-25-9-11-29-27(19-25)26(13-16-33-29)28(31)10-7-23-14-18-34(21-24(23)8-12-30(35)36)17-3-2-5-22-6-4-15-32-20-22/h4,6,9,11,13,15-16,19-20,23-24,28H,2-3,5,7-8,10,12,14,17-18,21H2,1H3,(H,35,36)/t23-,24-,28-/m1/s1. The van der Waals surface area contributed by atoms with E-state index in [4.69, 9.17) is 4.74 Å². The molecule has 1 saturated heterocycles. The van der Waals surface area contributed by atoms with Crippen LogP contribution in [0.2, 0.25) is 0 Å². The fourth-order valence-electron chi connectivity index (χ4n) is 5.65. The van der Waals surface area contributed by atoms with Gasteiger partial charge in [0.25, 0.3) is 0 Å². The summed E-state index contributed by atoms with van der Waals surface area (Å²) in [7, 11) is 1.61. The number of halogens is 1. The topological polar surface area (TPSA) is 75.5 Å². The van der Waals surface area contributed by atoms with Crippen molar-refractivity contribution in [1.29, 1.82) is 0 Å². The largest absolute Gasteiger partial charge is 0.497 e. The number of ether oxygens (including phenoxy) is 1. The molecule has 0 spiro atoms. The van der Waals surface area contributed by atoms with Crippen molar-refractivity contribution in [3.8, 4) is 5.75 Å². The minimum atomic E-state index is -1.09. The van der Waals surface area contributed by atoms with Gasteiger partial charge < -0.3 is 14.7 Å². The highest BCUT2D eigenvalue weighted by Gasteiger charge is 2.30. The van der Waals surface area contributed by atoms with Crippen molar-refractivity contribution in [1.82, 2.24) is 14.9 Å². The SMILES string of the molecule is COc1ccc2nccc([C@H](F)CC[C@@H]3CCN(CCCCc4cccnc4)C[C@H]3CCC(=O)O)c2c1. The molecular weight excluding hydrogens is 469 g/mol. The van der Waals surface area contributed by atoms with Gasteiger partial charge in [0, 0.05) is 36.9 Å². The summed E-state index contributed by atoms with van der Waals surface area (Å²) < 4.78 is 20.9. The van der Waals surface area contributed by atoms with Crippen molar-refractivity contribution in [2.75, 3.05) is 26.7 Å². The first-order valence-corrected chi connectivity index (χ1v) is 13.4. The average molecular weight is 508 g/mol. The number of rotatable bonds is 13.